The van der Waals surface area contributed by atoms with E-state index in [0.717, 1.165) is 25.3 Å². The summed E-state index contributed by atoms with van der Waals surface area (Å²) in [5.74, 6) is -0.785. The van der Waals surface area contributed by atoms with E-state index in [1.54, 1.807) is 0 Å². The number of sulfonamides is 1. The molecule has 1 aromatic carbocycles. The SMILES string of the molecule is COC(=O)CNS(=O)(=O)c1ccc(Cl)c([N+](=O)[O-])c1. The van der Waals surface area contributed by atoms with Crippen molar-refractivity contribution in [2.75, 3.05) is 13.7 Å². The highest BCUT2D eigenvalue weighted by Gasteiger charge is 2.21. The van der Waals surface area contributed by atoms with E-state index < -0.39 is 33.1 Å². The van der Waals surface area contributed by atoms with E-state index in [1.807, 2.05) is 4.72 Å². The Balaban J connectivity index is 3.05. The van der Waals surface area contributed by atoms with Crippen molar-refractivity contribution in [3.05, 3.63) is 33.3 Å². The van der Waals surface area contributed by atoms with Gasteiger partial charge in [0.05, 0.1) is 16.9 Å². The van der Waals surface area contributed by atoms with Crippen LogP contribution in [0, 0.1) is 10.1 Å². The van der Waals surface area contributed by atoms with Gasteiger partial charge in [0.15, 0.2) is 0 Å². The Morgan fingerprint density at radius 3 is 2.68 bits per heavy atom. The Labute approximate surface area is 113 Å². The van der Waals surface area contributed by atoms with Crippen molar-refractivity contribution in [3.63, 3.8) is 0 Å². The lowest BCUT2D eigenvalue weighted by Crippen LogP contribution is -2.30. The summed E-state index contributed by atoms with van der Waals surface area (Å²) in [4.78, 5) is 20.3. The molecule has 1 rings (SSSR count). The van der Waals surface area contributed by atoms with Crippen molar-refractivity contribution >= 4 is 33.3 Å². The molecule has 1 aromatic rings. The van der Waals surface area contributed by atoms with Gasteiger partial charge in [0, 0.05) is 6.07 Å². The number of methoxy groups -OCH3 is 1. The summed E-state index contributed by atoms with van der Waals surface area (Å²) in [6.07, 6.45) is 0. The lowest BCUT2D eigenvalue weighted by atomic mass is 10.3. The maximum atomic E-state index is 11.8. The summed E-state index contributed by atoms with van der Waals surface area (Å²) < 4.78 is 29.7. The van der Waals surface area contributed by atoms with Gasteiger partial charge >= 0.3 is 5.97 Å². The van der Waals surface area contributed by atoms with Gasteiger partial charge in [0.1, 0.15) is 11.6 Å². The lowest BCUT2D eigenvalue weighted by molar-refractivity contribution is -0.384. The maximum absolute atomic E-state index is 11.8. The number of ether oxygens (including phenoxy) is 1. The van der Waals surface area contributed by atoms with E-state index in [2.05, 4.69) is 4.74 Å². The van der Waals surface area contributed by atoms with Gasteiger partial charge in [-0.25, -0.2) is 8.42 Å². The molecule has 19 heavy (non-hydrogen) atoms. The molecule has 0 aliphatic rings. The molecule has 0 fully saturated rings. The number of halogens is 1. The van der Waals surface area contributed by atoms with Crippen LogP contribution in [0.4, 0.5) is 5.69 Å². The minimum Gasteiger partial charge on any atom is -0.468 e. The van der Waals surface area contributed by atoms with E-state index in [0.29, 0.717) is 0 Å². The molecule has 0 saturated heterocycles. The molecule has 10 heteroatoms. The van der Waals surface area contributed by atoms with Crippen LogP contribution in [0.5, 0.6) is 0 Å². The first-order chi connectivity index (χ1) is 8.77. The number of rotatable bonds is 5. The number of hydrogen-bond donors (Lipinski definition) is 1. The molecule has 0 aliphatic heterocycles. The predicted octanol–water partition coefficient (Wildman–Crippen LogP) is 0.699. The largest absolute Gasteiger partial charge is 0.468 e. The summed E-state index contributed by atoms with van der Waals surface area (Å²) in [6, 6.07) is 2.99. The predicted molar refractivity (Wildman–Crippen MR) is 65.3 cm³/mol. The summed E-state index contributed by atoms with van der Waals surface area (Å²) in [5.41, 5.74) is -0.539. The summed E-state index contributed by atoms with van der Waals surface area (Å²) >= 11 is 5.56. The fourth-order valence-corrected chi connectivity index (χ4v) is 2.28. The van der Waals surface area contributed by atoms with Crippen LogP contribution in [0.25, 0.3) is 0 Å². The fourth-order valence-electron chi connectivity index (χ4n) is 1.11. The second-order valence-electron chi connectivity index (χ2n) is 3.27. The summed E-state index contributed by atoms with van der Waals surface area (Å²) in [7, 11) is -2.95. The molecule has 0 aromatic heterocycles. The van der Waals surface area contributed by atoms with E-state index in [9.17, 15) is 23.3 Å². The number of nitrogens with one attached hydrogen (secondary N) is 1. The number of nitrogens with zero attached hydrogens (tertiary/aromatic N) is 1. The van der Waals surface area contributed by atoms with Gasteiger partial charge in [0.25, 0.3) is 5.69 Å². The Kier molecular flexibility index (Phi) is 4.81. The molecule has 104 valence electrons. The summed E-state index contributed by atoms with van der Waals surface area (Å²) in [6.45, 7) is -0.574. The van der Waals surface area contributed by atoms with E-state index in [-0.39, 0.29) is 9.92 Å². The molecule has 0 aliphatic carbocycles. The molecule has 0 bridgehead atoms. The Hall–Kier alpha value is -1.71. The van der Waals surface area contributed by atoms with Gasteiger partial charge in [-0.3, -0.25) is 14.9 Å². The average Bonchev–Trinajstić information content (AvgIpc) is 2.35. The highest BCUT2D eigenvalue weighted by atomic mass is 35.5. The Bertz CT molecular complexity index is 615. The third-order valence-electron chi connectivity index (χ3n) is 2.06. The molecule has 0 unspecified atom stereocenters. The molecule has 0 heterocycles. The van der Waals surface area contributed by atoms with Crippen molar-refractivity contribution in [2.24, 2.45) is 0 Å². The van der Waals surface area contributed by atoms with Gasteiger partial charge in [-0.1, -0.05) is 11.6 Å². The molecule has 0 atom stereocenters. The molecule has 8 nitrogen and oxygen atoms in total. The molecular formula is C9H9ClN2O6S. The number of hydrogen-bond acceptors (Lipinski definition) is 6. The first kappa shape index (κ1) is 15.3. The number of benzene rings is 1. The Morgan fingerprint density at radius 1 is 1.53 bits per heavy atom. The monoisotopic (exact) mass is 308 g/mol. The minimum atomic E-state index is -4.05. The number of carbonyl (C=O) groups excluding carboxylic acids is 1. The van der Waals surface area contributed by atoms with Crippen molar-refractivity contribution in [1.82, 2.24) is 4.72 Å². The molecule has 1 N–H and O–H groups in total. The maximum Gasteiger partial charge on any atom is 0.320 e. The number of nitro groups is 1. The zero-order valence-corrected chi connectivity index (χ0v) is 11.2. The van der Waals surface area contributed by atoms with Crippen LogP contribution in [0.1, 0.15) is 0 Å². The molecule has 0 spiro atoms. The smallest absolute Gasteiger partial charge is 0.320 e. The van der Waals surface area contributed by atoms with Crippen LogP contribution in [0.15, 0.2) is 23.1 Å². The highest BCUT2D eigenvalue weighted by Crippen LogP contribution is 2.26. The standard InChI is InChI=1S/C9H9ClN2O6S/c1-18-9(13)5-11-19(16,17)6-2-3-7(10)8(4-6)12(14)15/h2-4,11H,5H2,1H3. The second-order valence-corrected chi connectivity index (χ2v) is 5.45. The average molecular weight is 309 g/mol. The third-order valence-corrected chi connectivity index (χ3v) is 3.78. The lowest BCUT2D eigenvalue weighted by Gasteiger charge is -2.06. The van der Waals surface area contributed by atoms with Crippen molar-refractivity contribution in [3.8, 4) is 0 Å². The fraction of sp³-hybridized carbons (Fsp3) is 0.222. The number of nitro benzene ring substituents is 1. The quantitative estimate of drug-likeness (QED) is 0.486. The molecule has 0 amide bonds. The molecule has 0 radical (unpaired) electrons. The van der Waals surface area contributed by atoms with Crippen LogP contribution in [-0.4, -0.2) is 33.0 Å². The van der Waals surface area contributed by atoms with Gasteiger partial charge in [-0.2, -0.15) is 4.72 Å². The van der Waals surface area contributed by atoms with Crippen molar-refractivity contribution in [2.45, 2.75) is 4.90 Å². The highest BCUT2D eigenvalue weighted by molar-refractivity contribution is 7.89. The van der Waals surface area contributed by atoms with Crippen LogP contribution < -0.4 is 4.72 Å². The number of esters is 1. The first-order valence-corrected chi connectivity index (χ1v) is 6.64. The zero-order valence-electron chi connectivity index (χ0n) is 9.62. The van der Waals surface area contributed by atoms with Gasteiger partial charge in [-0.15, -0.1) is 0 Å². The first-order valence-electron chi connectivity index (χ1n) is 4.78. The van der Waals surface area contributed by atoms with Crippen LogP contribution >= 0.6 is 11.6 Å². The van der Waals surface area contributed by atoms with Gasteiger partial charge < -0.3 is 4.74 Å². The number of carbonyl (C=O) groups is 1. The van der Waals surface area contributed by atoms with Gasteiger partial charge in [0.2, 0.25) is 10.0 Å². The normalized spacial score (nSPS) is 11.1. The summed E-state index contributed by atoms with van der Waals surface area (Å²) in [5, 5.41) is 10.5. The zero-order chi connectivity index (χ0) is 14.6. The second kappa shape index (κ2) is 5.95. The molecular weight excluding hydrogens is 300 g/mol. The minimum absolute atomic E-state index is 0.183. The van der Waals surface area contributed by atoms with Crippen molar-refractivity contribution < 1.29 is 22.9 Å². The third kappa shape index (κ3) is 3.88. The topological polar surface area (TPSA) is 116 Å². The van der Waals surface area contributed by atoms with Gasteiger partial charge in [-0.05, 0) is 12.1 Å². The van der Waals surface area contributed by atoms with Crippen LogP contribution in [0.2, 0.25) is 5.02 Å². The Morgan fingerprint density at radius 2 is 2.16 bits per heavy atom. The van der Waals surface area contributed by atoms with E-state index in [4.69, 9.17) is 11.6 Å². The van der Waals surface area contributed by atoms with Crippen LogP contribution in [0.3, 0.4) is 0 Å². The van der Waals surface area contributed by atoms with E-state index in [1.165, 1.54) is 0 Å². The molecule has 0 saturated carbocycles. The van der Waals surface area contributed by atoms with Crippen LogP contribution in [-0.2, 0) is 19.6 Å². The van der Waals surface area contributed by atoms with E-state index >= 15 is 0 Å². The van der Waals surface area contributed by atoms with Crippen molar-refractivity contribution in [1.29, 1.82) is 0 Å².